The predicted octanol–water partition coefficient (Wildman–Crippen LogP) is 3.08. The van der Waals surface area contributed by atoms with Gasteiger partial charge in [0.1, 0.15) is 0 Å². The monoisotopic (exact) mass is 324 g/mol. The molecule has 1 aliphatic heterocycles. The minimum absolute atomic E-state index is 0.00587. The van der Waals surface area contributed by atoms with Gasteiger partial charge in [-0.2, -0.15) is 10.2 Å². The second kappa shape index (κ2) is 6.83. The highest BCUT2D eigenvalue weighted by molar-refractivity contribution is 5.94. The normalized spacial score (nSPS) is 15.5. The minimum Gasteiger partial charge on any atom is -0.339 e. The number of likely N-dealkylation sites (tertiary alicyclic amines) is 1. The number of benzene rings is 1. The molecule has 0 unspecified atom stereocenters. The van der Waals surface area contributed by atoms with Gasteiger partial charge in [0.05, 0.1) is 11.6 Å². The lowest BCUT2D eigenvalue weighted by molar-refractivity contribution is 0.0704. The minimum atomic E-state index is 0.00587. The van der Waals surface area contributed by atoms with Crippen LogP contribution in [-0.4, -0.2) is 34.0 Å². The fourth-order valence-electron chi connectivity index (χ4n) is 2.85. The van der Waals surface area contributed by atoms with Crippen LogP contribution < -0.4 is 0 Å². The van der Waals surface area contributed by atoms with Crippen LogP contribution in [-0.2, 0) is 0 Å². The molecule has 124 valence electrons. The van der Waals surface area contributed by atoms with Crippen LogP contribution in [0.4, 0.5) is 0 Å². The molecular weight excluding hydrogens is 304 g/mol. The lowest BCUT2D eigenvalue weighted by Crippen LogP contribution is -2.38. The summed E-state index contributed by atoms with van der Waals surface area (Å²) >= 11 is 0. The van der Waals surface area contributed by atoms with Crippen LogP contribution in [0.1, 0.15) is 66.2 Å². The van der Waals surface area contributed by atoms with Crippen molar-refractivity contribution in [1.29, 1.82) is 5.26 Å². The summed E-state index contributed by atoms with van der Waals surface area (Å²) in [4.78, 5) is 18.8. The number of carbonyl (C=O) groups is 1. The largest absolute Gasteiger partial charge is 0.339 e. The van der Waals surface area contributed by atoms with Gasteiger partial charge in [-0.05, 0) is 37.1 Å². The van der Waals surface area contributed by atoms with Crippen molar-refractivity contribution < 1.29 is 9.32 Å². The summed E-state index contributed by atoms with van der Waals surface area (Å²) in [6.07, 6.45) is 1.64. The molecule has 6 heteroatoms. The Bertz CT molecular complexity index is 750. The second-order valence-electron chi connectivity index (χ2n) is 6.40. The van der Waals surface area contributed by atoms with Crippen molar-refractivity contribution in [2.75, 3.05) is 13.1 Å². The lowest BCUT2D eigenvalue weighted by Gasteiger charge is -2.30. The molecule has 2 aromatic rings. The van der Waals surface area contributed by atoms with E-state index in [-0.39, 0.29) is 17.7 Å². The van der Waals surface area contributed by atoms with Gasteiger partial charge in [0.2, 0.25) is 5.89 Å². The van der Waals surface area contributed by atoms with Crippen LogP contribution in [0.15, 0.2) is 28.8 Å². The quantitative estimate of drug-likeness (QED) is 0.866. The van der Waals surface area contributed by atoms with E-state index in [0.717, 1.165) is 18.7 Å². The van der Waals surface area contributed by atoms with Crippen LogP contribution in [0.2, 0.25) is 0 Å². The zero-order valence-electron chi connectivity index (χ0n) is 13.9. The highest BCUT2D eigenvalue weighted by Gasteiger charge is 2.28. The molecule has 0 saturated carbocycles. The summed E-state index contributed by atoms with van der Waals surface area (Å²) in [7, 11) is 0. The highest BCUT2D eigenvalue weighted by Crippen LogP contribution is 2.28. The van der Waals surface area contributed by atoms with Crippen LogP contribution in [0.3, 0.4) is 0 Å². The van der Waals surface area contributed by atoms with Crippen LogP contribution in [0.25, 0.3) is 0 Å². The van der Waals surface area contributed by atoms with Gasteiger partial charge in [0.25, 0.3) is 5.91 Å². The number of nitrogens with zero attached hydrogens (tertiary/aromatic N) is 4. The molecular formula is C18H20N4O2. The van der Waals surface area contributed by atoms with E-state index >= 15 is 0 Å². The molecule has 0 bridgehead atoms. The Morgan fingerprint density at radius 3 is 2.50 bits per heavy atom. The standard InChI is InChI=1S/C18H20N4O2/c1-12(2)16-20-17(24-21-16)14-7-9-22(10-8-14)18(23)15-5-3-13(11-19)4-6-15/h3-6,12,14H,7-10H2,1-2H3. The summed E-state index contributed by atoms with van der Waals surface area (Å²) in [5.74, 6) is 1.90. The number of hydrogen-bond acceptors (Lipinski definition) is 5. The Kier molecular flexibility index (Phi) is 4.61. The van der Waals surface area contributed by atoms with Gasteiger partial charge in [0, 0.05) is 30.5 Å². The molecule has 1 saturated heterocycles. The lowest BCUT2D eigenvalue weighted by atomic mass is 9.96. The average Bonchev–Trinajstić information content (AvgIpc) is 3.12. The van der Waals surface area contributed by atoms with E-state index in [9.17, 15) is 4.79 Å². The van der Waals surface area contributed by atoms with Gasteiger partial charge in [-0.3, -0.25) is 4.79 Å². The molecule has 0 atom stereocenters. The van der Waals surface area contributed by atoms with Gasteiger partial charge in [0.15, 0.2) is 5.82 Å². The van der Waals surface area contributed by atoms with E-state index in [1.165, 1.54) is 0 Å². The SMILES string of the molecule is CC(C)c1noc(C2CCN(C(=O)c3ccc(C#N)cc3)CC2)n1. The number of rotatable bonds is 3. The third kappa shape index (κ3) is 3.30. The van der Waals surface area contributed by atoms with E-state index in [1.807, 2.05) is 18.7 Å². The van der Waals surface area contributed by atoms with E-state index in [0.29, 0.717) is 30.1 Å². The van der Waals surface area contributed by atoms with Crippen LogP contribution in [0.5, 0.6) is 0 Å². The smallest absolute Gasteiger partial charge is 0.253 e. The second-order valence-corrected chi connectivity index (χ2v) is 6.40. The molecule has 0 aliphatic carbocycles. The summed E-state index contributed by atoms with van der Waals surface area (Å²) in [6.45, 7) is 5.41. The zero-order chi connectivity index (χ0) is 17.1. The van der Waals surface area contributed by atoms with Gasteiger partial charge in [-0.25, -0.2) is 0 Å². The van der Waals surface area contributed by atoms with E-state index in [1.54, 1.807) is 24.3 Å². The first-order chi connectivity index (χ1) is 11.6. The van der Waals surface area contributed by atoms with Gasteiger partial charge >= 0.3 is 0 Å². The Balaban J connectivity index is 1.61. The van der Waals surface area contributed by atoms with Crippen LogP contribution in [0, 0.1) is 11.3 Å². The first-order valence-electron chi connectivity index (χ1n) is 8.21. The Labute approximate surface area is 141 Å². The van der Waals surface area contributed by atoms with E-state index < -0.39 is 0 Å². The number of carbonyl (C=O) groups excluding carboxylic acids is 1. The fourth-order valence-corrected chi connectivity index (χ4v) is 2.85. The topological polar surface area (TPSA) is 83.0 Å². The molecule has 1 fully saturated rings. The van der Waals surface area contributed by atoms with Crippen molar-refractivity contribution in [1.82, 2.24) is 15.0 Å². The molecule has 3 rings (SSSR count). The van der Waals surface area contributed by atoms with Crippen molar-refractivity contribution in [2.24, 2.45) is 0 Å². The third-order valence-electron chi connectivity index (χ3n) is 4.37. The molecule has 0 radical (unpaired) electrons. The molecule has 0 spiro atoms. The summed E-state index contributed by atoms with van der Waals surface area (Å²) < 4.78 is 5.38. The summed E-state index contributed by atoms with van der Waals surface area (Å²) in [5.41, 5.74) is 1.18. The maximum atomic E-state index is 12.5. The Morgan fingerprint density at radius 1 is 1.29 bits per heavy atom. The highest BCUT2D eigenvalue weighted by atomic mass is 16.5. The Morgan fingerprint density at radius 2 is 1.96 bits per heavy atom. The molecule has 24 heavy (non-hydrogen) atoms. The molecule has 2 heterocycles. The van der Waals surface area contributed by atoms with Gasteiger partial charge < -0.3 is 9.42 Å². The molecule has 1 amide bonds. The van der Waals surface area contributed by atoms with Gasteiger partial charge in [-0.15, -0.1) is 0 Å². The van der Waals surface area contributed by atoms with Crippen molar-refractivity contribution >= 4 is 5.91 Å². The number of hydrogen-bond donors (Lipinski definition) is 0. The number of nitriles is 1. The van der Waals surface area contributed by atoms with E-state index in [4.69, 9.17) is 9.78 Å². The van der Waals surface area contributed by atoms with Crippen molar-refractivity contribution in [3.63, 3.8) is 0 Å². The first-order valence-corrected chi connectivity index (χ1v) is 8.21. The maximum absolute atomic E-state index is 12.5. The molecule has 1 aromatic carbocycles. The molecule has 6 nitrogen and oxygen atoms in total. The van der Waals surface area contributed by atoms with Crippen molar-refractivity contribution in [3.8, 4) is 6.07 Å². The molecule has 1 aromatic heterocycles. The maximum Gasteiger partial charge on any atom is 0.253 e. The van der Waals surface area contributed by atoms with E-state index in [2.05, 4.69) is 16.2 Å². The number of aromatic nitrogens is 2. The molecule has 1 aliphatic rings. The predicted molar refractivity (Wildman–Crippen MR) is 87.4 cm³/mol. The van der Waals surface area contributed by atoms with Crippen LogP contribution >= 0.6 is 0 Å². The van der Waals surface area contributed by atoms with Crippen molar-refractivity contribution in [2.45, 2.75) is 38.5 Å². The van der Waals surface area contributed by atoms with Crippen molar-refractivity contribution in [3.05, 3.63) is 47.1 Å². The fraction of sp³-hybridized carbons (Fsp3) is 0.444. The number of piperidine rings is 1. The molecule has 0 N–H and O–H groups in total. The first kappa shape index (κ1) is 16.2. The third-order valence-corrected chi connectivity index (χ3v) is 4.37. The summed E-state index contributed by atoms with van der Waals surface area (Å²) in [6, 6.07) is 8.82. The Hall–Kier alpha value is -2.68. The average molecular weight is 324 g/mol. The van der Waals surface area contributed by atoms with Gasteiger partial charge in [-0.1, -0.05) is 19.0 Å². The summed E-state index contributed by atoms with van der Waals surface area (Å²) in [5, 5.41) is 12.8. The number of amides is 1. The zero-order valence-corrected chi connectivity index (χ0v) is 13.9.